The van der Waals surface area contributed by atoms with Gasteiger partial charge >= 0.3 is 5.97 Å². The lowest BCUT2D eigenvalue weighted by atomic mass is 10.1. The molecule has 0 spiro atoms. The zero-order chi connectivity index (χ0) is 14.7. The van der Waals surface area contributed by atoms with Crippen LogP contribution in [0, 0.1) is 0 Å². The Hall–Kier alpha value is -2.35. The molecule has 1 amide bonds. The number of carbonyl (C=O) groups is 2. The molecule has 7 nitrogen and oxygen atoms in total. The van der Waals surface area contributed by atoms with E-state index in [1.54, 1.807) is 0 Å². The van der Waals surface area contributed by atoms with Crippen molar-refractivity contribution < 1.29 is 14.7 Å². The predicted molar refractivity (Wildman–Crippen MR) is 73.1 cm³/mol. The highest BCUT2D eigenvalue weighted by Gasteiger charge is 2.21. The van der Waals surface area contributed by atoms with E-state index in [1.165, 1.54) is 18.3 Å². The number of amides is 1. The maximum Gasteiger partial charge on any atom is 0.339 e. The molecule has 0 aliphatic heterocycles. The minimum absolute atomic E-state index is 0.00751. The van der Waals surface area contributed by atoms with E-state index in [0.717, 1.165) is 11.5 Å². The van der Waals surface area contributed by atoms with Crippen molar-refractivity contribution in [2.24, 2.45) is 0 Å². The van der Waals surface area contributed by atoms with E-state index in [0.29, 0.717) is 10.6 Å². The Balaban J connectivity index is 2.29. The van der Waals surface area contributed by atoms with Crippen LogP contribution in [-0.4, -0.2) is 31.6 Å². The van der Waals surface area contributed by atoms with Crippen molar-refractivity contribution >= 4 is 29.2 Å². The second-order valence-electron chi connectivity index (χ2n) is 4.30. The second-order valence-corrected chi connectivity index (χ2v) is 5.05. The van der Waals surface area contributed by atoms with Gasteiger partial charge in [-0.3, -0.25) is 4.79 Å². The van der Waals surface area contributed by atoms with Crippen molar-refractivity contribution in [2.75, 3.05) is 5.32 Å². The fourth-order valence-corrected chi connectivity index (χ4v) is 2.29. The molecule has 2 heterocycles. The number of carbonyl (C=O) groups excluding carboxylic acids is 1. The summed E-state index contributed by atoms with van der Waals surface area (Å²) in [7, 11) is 0. The van der Waals surface area contributed by atoms with Gasteiger partial charge in [0.1, 0.15) is 16.3 Å². The summed E-state index contributed by atoms with van der Waals surface area (Å²) in [5, 5.41) is 15.4. The third-order valence-corrected chi connectivity index (χ3v) is 3.28. The Labute approximate surface area is 118 Å². The number of carboxylic acid groups (broad SMARTS) is 1. The standard InChI is InChI=1S/C12H12N4O3S/c1-6(2)8-9(20-16-15-8)11(17)14-10-7(12(18)19)4-3-5-13-10/h3-6H,1-2H3,(H,18,19)(H,13,14,17). The van der Waals surface area contributed by atoms with Gasteiger partial charge in [-0.1, -0.05) is 18.3 Å². The van der Waals surface area contributed by atoms with Gasteiger partial charge in [-0.2, -0.15) is 0 Å². The average Bonchev–Trinajstić information content (AvgIpc) is 2.88. The van der Waals surface area contributed by atoms with Crippen molar-refractivity contribution in [2.45, 2.75) is 19.8 Å². The van der Waals surface area contributed by atoms with Crippen LogP contribution in [0.25, 0.3) is 0 Å². The van der Waals surface area contributed by atoms with Crippen LogP contribution in [0.2, 0.25) is 0 Å². The Bertz CT molecular complexity index is 654. The lowest BCUT2D eigenvalue weighted by Gasteiger charge is -2.07. The molecule has 0 aliphatic rings. The van der Waals surface area contributed by atoms with E-state index in [4.69, 9.17) is 5.11 Å². The second kappa shape index (κ2) is 5.74. The fourth-order valence-electron chi connectivity index (χ4n) is 1.57. The van der Waals surface area contributed by atoms with Crippen LogP contribution in [0.5, 0.6) is 0 Å². The molecular formula is C12H12N4O3S. The SMILES string of the molecule is CC(C)c1nnsc1C(=O)Nc1ncccc1C(=O)O. The minimum atomic E-state index is -1.15. The van der Waals surface area contributed by atoms with Gasteiger partial charge in [0.2, 0.25) is 0 Å². The van der Waals surface area contributed by atoms with Crippen molar-refractivity contribution in [1.82, 2.24) is 14.6 Å². The number of hydrogen-bond donors (Lipinski definition) is 2. The Morgan fingerprint density at radius 1 is 1.40 bits per heavy atom. The topological polar surface area (TPSA) is 105 Å². The Kier molecular flexibility index (Phi) is 4.04. The maximum absolute atomic E-state index is 12.2. The quantitative estimate of drug-likeness (QED) is 0.893. The molecule has 0 fully saturated rings. The number of rotatable bonds is 4. The van der Waals surface area contributed by atoms with E-state index in [1.807, 2.05) is 13.8 Å². The number of carboxylic acids is 1. The monoisotopic (exact) mass is 292 g/mol. The molecule has 2 aromatic heterocycles. The van der Waals surface area contributed by atoms with Crippen molar-refractivity contribution in [1.29, 1.82) is 0 Å². The van der Waals surface area contributed by atoms with Gasteiger partial charge in [0.15, 0.2) is 0 Å². The first-order valence-electron chi connectivity index (χ1n) is 5.82. The summed E-state index contributed by atoms with van der Waals surface area (Å²) < 4.78 is 3.76. The molecule has 0 aliphatic carbocycles. The number of hydrogen-bond acceptors (Lipinski definition) is 6. The molecule has 104 valence electrons. The van der Waals surface area contributed by atoms with Crippen molar-refractivity contribution in [3.05, 3.63) is 34.5 Å². The van der Waals surface area contributed by atoms with Crippen LogP contribution in [0.4, 0.5) is 5.82 Å². The first-order chi connectivity index (χ1) is 9.50. The lowest BCUT2D eigenvalue weighted by molar-refractivity contribution is 0.0697. The van der Waals surface area contributed by atoms with E-state index >= 15 is 0 Å². The molecular weight excluding hydrogens is 280 g/mol. The molecule has 8 heteroatoms. The zero-order valence-electron chi connectivity index (χ0n) is 10.8. The third kappa shape index (κ3) is 2.80. The summed E-state index contributed by atoms with van der Waals surface area (Å²) >= 11 is 0.971. The number of aromatic carboxylic acids is 1. The van der Waals surface area contributed by atoms with E-state index < -0.39 is 11.9 Å². The van der Waals surface area contributed by atoms with Crippen LogP contribution < -0.4 is 5.32 Å². The number of pyridine rings is 1. The van der Waals surface area contributed by atoms with Gasteiger partial charge in [-0.25, -0.2) is 9.78 Å². The van der Waals surface area contributed by atoms with Crippen LogP contribution >= 0.6 is 11.5 Å². The van der Waals surface area contributed by atoms with Gasteiger partial charge in [0.25, 0.3) is 5.91 Å². The fraction of sp³-hybridized carbons (Fsp3) is 0.250. The molecule has 20 heavy (non-hydrogen) atoms. The van der Waals surface area contributed by atoms with E-state index in [9.17, 15) is 9.59 Å². The predicted octanol–water partition coefficient (Wildman–Crippen LogP) is 2.01. The molecule has 0 atom stereocenters. The van der Waals surface area contributed by atoms with Gasteiger partial charge in [-0.05, 0) is 29.6 Å². The zero-order valence-corrected chi connectivity index (χ0v) is 11.6. The van der Waals surface area contributed by atoms with Crippen LogP contribution in [-0.2, 0) is 0 Å². The van der Waals surface area contributed by atoms with E-state index in [2.05, 4.69) is 19.9 Å². The summed E-state index contributed by atoms with van der Waals surface area (Å²) in [4.78, 5) is 27.5. The van der Waals surface area contributed by atoms with E-state index in [-0.39, 0.29) is 17.3 Å². The van der Waals surface area contributed by atoms with Crippen LogP contribution in [0.15, 0.2) is 18.3 Å². The van der Waals surface area contributed by atoms with Gasteiger partial charge in [-0.15, -0.1) is 5.10 Å². The summed E-state index contributed by atoms with van der Waals surface area (Å²) in [5.74, 6) is -1.55. The summed E-state index contributed by atoms with van der Waals surface area (Å²) in [6, 6.07) is 2.87. The highest BCUT2D eigenvalue weighted by atomic mass is 32.1. The lowest BCUT2D eigenvalue weighted by Crippen LogP contribution is -2.16. The number of aromatic nitrogens is 3. The summed E-state index contributed by atoms with van der Waals surface area (Å²) in [6.07, 6.45) is 1.41. The highest BCUT2D eigenvalue weighted by molar-refractivity contribution is 7.08. The number of nitrogens with zero attached hydrogens (tertiary/aromatic N) is 3. The molecule has 0 aromatic carbocycles. The molecule has 0 radical (unpaired) electrons. The van der Waals surface area contributed by atoms with Crippen LogP contribution in [0.3, 0.4) is 0 Å². The highest BCUT2D eigenvalue weighted by Crippen LogP contribution is 2.21. The maximum atomic E-state index is 12.2. The third-order valence-electron chi connectivity index (χ3n) is 2.54. The molecule has 2 rings (SSSR count). The number of nitrogens with one attached hydrogen (secondary N) is 1. The van der Waals surface area contributed by atoms with Gasteiger partial charge in [0, 0.05) is 6.20 Å². The molecule has 0 bridgehead atoms. The molecule has 0 unspecified atom stereocenters. The molecule has 2 aromatic rings. The normalized spacial score (nSPS) is 10.6. The largest absolute Gasteiger partial charge is 0.478 e. The van der Waals surface area contributed by atoms with Crippen LogP contribution in [0.1, 0.15) is 45.5 Å². The molecule has 0 saturated carbocycles. The first kappa shape index (κ1) is 14.1. The summed E-state index contributed by atoms with van der Waals surface area (Å²) in [5.41, 5.74) is 0.518. The average molecular weight is 292 g/mol. The van der Waals surface area contributed by atoms with Gasteiger partial charge < -0.3 is 10.4 Å². The Morgan fingerprint density at radius 2 is 2.15 bits per heavy atom. The summed E-state index contributed by atoms with van der Waals surface area (Å²) in [6.45, 7) is 3.80. The number of anilines is 1. The molecule has 0 saturated heterocycles. The smallest absolute Gasteiger partial charge is 0.339 e. The molecule has 2 N–H and O–H groups in total. The van der Waals surface area contributed by atoms with Gasteiger partial charge in [0.05, 0.1) is 5.69 Å². The Morgan fingerprint density at radius 3 is 2.80 bits per heavy atom. The van der Waals surface area contributed by atoms with Crippen molar-refractivity contribution in [3.8, 4) is 0 Å². The minimum Gasteiger partial charge on any atom is -0.478 e. The first-order valence-corrected chi connectivity index (χ1v) is 6.60. The van der Waals surface area contributed by atoms with Crippen molar-refractivity contribution in [3.63, 3.8) is 0 Å².